The molecule has 0 spiro atoms. The molecule has 0 atom stereocenters. The number of nitrogens with zero attached hydrogens (tertiary/aromatic N) is 2. The number of hydrogen-bond acceptors (Lipinski definition) is 1. The summed E-state index contributed by atoms with van der Waals surface area (Å²) in [4.78, 5) is 3.32. The fourth-order valence-electron chi connectivity index (χ4n) is 2.77. The van der Waals surface area contributed by atoms with E-state index in [1.165, 1.54) is 14.7 Å². The Kier molecular flexibility index (Phi) is 9.66. The van der Waals surface area contributed by atoms with Crippen LogP contribution in [-0.2, 0) is 6.42 Å². The zero-order valence-electron chi connectivity index (χ0n) is 17.2. The van der Waals surface area contributed by atoms with Gasteiger partial charge in [0.2, 0.25) is 5.39 Å². The molecule has 0 saturated carbocycles. The molecule has 0 N–H and O–H groups in total. The van der Waals surface area contributed by atoms with Crippen LogP contribution in [-0.4, -0.2) is 7.25 Å². The van der Waals surface area contributed by atoms with E-state index in [-0.39, 0.29) is 0 Å². The normalized spacial score (nSPS) is 11.3. The predicted octanol–water partition coefficient (Wildman–Crippen LogP) is 8.98. The fourth-order valence-corrected chi connectivity index (χ4v) is 3.13. The first kappa shape index (κ1) is 25.3. The number of diazo groups is 1. The molecule has 0 fully saturated rings. The first-order valence-electron chi connectivity index (χ1n) is 9.75. The third-order valence-corrected chi connectivity index (χ3v) is 5.05. The zero-order valence-corrected chi connectivity index (χ0v) is 19.4. The summed E-state index contributed by atoms with van der Waals surface area (Å²) >= 11 is 2.31. The van der Waals surface area contributed by atoms with Crippen molar-refractivity contribution < 1.29 is 17.3 Å². The van der Waals surface area contributed by atoms with Crippen molar-refractivity contribution in [3.05, 3.63) is 103 Å². The van der Waals surface area contributed by atoms with Gasteiger partial charge in [-0.1, -0.05) is 67.6 Å². The van der Waals surface area contributed by atoms with E-state index in [0.717, 1.165) is 23.1 Å². The third kappa shape index (κ3) is 9.48. The maximum Gasteiger partial charge on any atom is 0.673 e. The molecule has 0 aliphatic carbocycles. The summed E-state index contributed by atoms with van der Waals surface area (Å²) in [5.74, 6) is 0. The van der Waals surface area contributed by atoms with E-state index in [0.29, 0.717) is 5.69 Å². The molecule has 0 heterocycles. The second kappa shape index (κ2) is 12.2. The minimum absolute atomic E-state index is 0.638. The molecule has 8 heteroatoms. The van der Waals surface area contributed by atoms with Gasteiger partial charge in [0.15, 0.2) is 4.98 Å². The Hall–Kier alpha value is -2.93. The van der Waals surface area contributed by atoms with Crippen LogP contribution in [0.4, 0.5) is 23.0 Å². The summed E-state index contributed by atoms with van der Waals surface area (Å²) < 4.78 is 40.2. The van der Waals surface area contributed by atoms with Crippen molar-refractivity contribution in [3.63, 3.8) is 0 Å². The first-order valence-corrected chi connectivity index (χ1v) is 10.8. The van der Waals surface area contributed by atoms with Crippen LogP contribution in [0.1, 0.15) is 34.7 Å². The molecular formula is C24H20BF4IN2. The monoisotopic (exact) mass is 550 g/mol. The maximum atomic E-state index is 9.75. The zero-order chi connectivity index (χ0) is 23.6. The SMILES string of the molecule is CCc1cc(/C=C/c2ccc(/C=C/c3ccc(I)cc3)cc2)ccc1[N+]#N.F[B-](F)(F)F. The van der Waals surface area contributed by atoms with Crippen LogP contribution in [0.3, 0.4) is 0 Å². The average molecular weight is 550 g/mol. The number of benzene rings is 3. The van der Waals surface area contributed by atoms with Gasteiger partial charge in [-0.15, -0.1) is 0 Å². The Balaban J connectivity index is 0.000000654. The van der Waals surface area contributed by atoms with Crippen molar-refractivity contribution in [2.24, 2.45) is 0 Å². The Morgan fingerprint density at radius 2 is 1.12 bits per heavy atom. The second-order valence-electron chi connectivity index (χ2n) is 6.72. The molecule has 3 aromatic rings. The van der Waals surface area contributed by atoms with Gasteiger partial charge in [0, 0.05) is 15.2 Å². The van der Waals surface area contributed by atoms with E-state index >= 15 is 0 Å². The molecular weight excluding hydrogens is 530 g/mol. The highest BCUT2D eigenvalue weighted by Crippen LogP contribution is 2.22. The summed E-state index contributed by atoms with van der Waals surface area (Å²) in [6, 6.07) is 22.8. The van der Waals surface area contributed by atoms with E-state index in [9.17, 15) is 17.3 Å². The van der Waals surface area contributed by atoms with Gasteiger partial charge in [0.1, 0.15) is 0 Å². The third-order valence-electron chi connectivity index (χ3n) is 4.34. The van der Waals surface area contributed by atoms with Gasteiger partial charge in [0.05, 0.1) is 0 Å². The standard InChI is InChI=1S/C24H20IN2.BF4/c1-2-22-17-21(13-16-24(22)27-26)10-9-19-5-3-18(4-6-19)7-8-20-11-14-23(25)15-12-20;2-1(3,4)5/h3-17H,2H2,1H3;/q+1;-1/b8-7+,10-9+;. The molecule has 32 heavy (non-hydrogen) atoms. The lowest BCUT2D eigenvalue weighted by Gasteiger charge is -1.99. The lowest BCUT2D eigenvalue weighted by molar-refractivity contribution is 0.368. The minimum atomic E-state index is -6.00. The smallest absolute Gasteiger partial charge is 0.418 e. The van der Waals surface area contributed by atoms with Crippen LogP contribution >= 0.6 is 22.6 Å². The predicted molar refractivity (Wildman–Crippen MR) is 134 cm³/mol. The lowest BCUT2D eigenvalue weighted by Crippen LogP contribution is -2.02. The van der Waals surface area contributed by atoms with Gasteiger partial charge < -0.3 is 17.3 Å². The minimum Gasteiger partial charge on any atom is -0.418 e. The van der Waals surface area contributed by atoms with Gasteiger partial charge in [-0.3, -0.25) is 0 Å². The molecule has 0 saturated heterocycles. The van der Waals surface area contributed by atoms with Crippen molar-refractivity contribution >= 4 is 59.8 Å². The summed E-state index contributed by atoms with van der Waals surface area (Å²) in [6.07, 6.45) is 9.26. The number of halogens is 5. The fraction of sp³-hybridized carbons (Fsp3) is 0.0833. The van der Waals surface area contributed by atoms with Crippen molar-refractivity contribution in [1.29, 1.82) is 5.39 Å². The highest BCUT2D eigenvalue weighted by molar-refractivity contribution is 14.1. The summed E-state index contributed by atoms with van der Waals surface area (Å²) in [5.41, 5.74) is 6.30. The molecule has 0 aliphatic heterocycles. The van der Waals surface area contributed by atoms with E-state index in [2.05, 4.69) is 113 Å². The Morgan fingerprint density at radius 3 is 1.53 bits per heavy atom. The van der Waals surface area contributed by atoms with Crippen LogP contribution in [0.25, 0.3) is 29.3 Å². The van der Waals surface area contributed by atoms with Crippen LogP contribution < -0.4 is 0 Å². The topological polar surface area (TPSA) is 28.1 Å². The van der Waals surface area contributed by atoms with Gasteiger partial charge in [-0.2, -0.15) is 0 Å². The lowest BCUT2D eigenvalue weighted by atomic mass is 10.0. The van der Waals surface area contributed by atoms with E-state index in [1.54, 1.807) is 0 Å². The molecule has 2 nitrogen and oxygen atoms in total. The maximum absolute atomic E-state index is 9.75. The molecule has 0 amide bonds. The summed E-state index contributed by atoms with van der Waals surface area (Å²) in [5, 5.41) is 9.00. The van der Waals surface area contributed by atoms with E-state index < -0.39 is 7.25 Å². The van der Waals surface area contributed by atoms with Gasteiger partial charge in [0.25, 0.3) is 0 Å². The molecule has 0 aliphatic rings. The van der Waals surface area contributed by atoms with Crippen LogP contribution in [0.5, 0.6) is 0 Å². The second-order valence-corrected chi connectivity index (χ2v) is 7.97. The highest BCUT2D eigenvalue weighted by Gasteiger charge is 2.20. The van der Waals surface area contributed by atoms with Gasteiger partial charge in [-0.25, -0.2) is 0 Å². The molecule has 0 bridgehead atoms. The van der Waals surface area contributed by atoms with Crippen LogP contribution in [0, 0.1) is 8.96 Å². The molecule has 0 unspecified atom stereocenters. The van der Waals surface area contributed by atoms with Crippen molar-refractivity contribution in [1.82, 2.24) is 0 Å². The Labute approximate surface area is 198 Å². The molecule has 3 aromatic carbocycles. The van der Waals surface area contributed by atoms with Crippen LogP contribution in [0.2, 0.25) is 0 Å². The van der Waals surface area contributed by atoms with Crippen molar-refractivity contribution in [2.45, 2.75) is 13.3 Å². The molecule has 3 rings (SSSR count). The molecule has 164 valence electrons. The molecule has 0 radical (unpaired) electrons. The summed E-state index contributed by atoms with van der Waals surface area (Å²) in [6.45, 7) is 2.06. The van der Waals surface area contributed by atoms with E-state index in [1.807, 2.05) is 12.1 Å². The number of aryl methyl sites for hydroxylation is 1. The Morgan fingerprint density at radius 1 is 0.750 bits per heavy atom. The molecule has 0 aromatic heterocycles. The quantitative estimate of drug-likeness (QED) is 0.103. The van der Waals surface area contributed by atoms with Crippen molar-refractivity contribution in [2.75, 3.05) is 0 Å². The van der Waals surface area contributed by atoms with Crippen molar-refractivity contribution in [3.8, 4) is 0 Å². The number of rotatable bonds is 5. The Bertz CT molecular complexity index is 1110. The van der Waals surface area contributed by atoms with Crippen LogP contribution in [0.15, 0.2) is 66.7 Å². The largest absolute Gasteiger partial charge is 0.673 e. The van der Waals surface area contributed by atoms with E-state index in [4.69, 9.17) is 5.39 Å². The van der Waals surface area contributed by atoms with Gasteiger partial charge >= 0.3 is 12.9 Å². The first-order chi connectivity index (χ1) is 15.2. The number of hydrogen-bond donors (Lipinski definition) is 0. The average Bonchev–Trinajstić information content (AvgIpc) is 2.76. The highest BCUT2D eigenvalue weighted by atomic mass is 127. The van der Waals surface area contributed by atoms with Gasteiger partial charge in [-0.05, 0) is 75.5 Å². The summed E-state index contributed by atoms with van der Waals surface area (Å²) in [7, 11) is -6.00.